The van der Waals surface area contributed by atoms with Gasteiger partial charge in [-0.2, -0.15) is 0 Å². The molecule has 0 aliphatic rings. The molecule has 1 aromatic heterocycles. The summed E-state index contributed by atoms with van der Waals surface area (Å²) in [6.45, 7) is 0. The molecule has 5 heteroatoms. The molecular weight excluding hydrogens is 258 g/mol. The minimum absolute atomic E-state index is 0.224. The fourth-order valence-electron chi connectivity index (χ4n) is 1.97. The van der Waals surface area contributed by atoms with E-state index in [0.717, 1.165) is 0 Å². The molecular formula is C15H11NO4. The molecule has 0 saturated carbocycles. The van der Waals surface area contributed by atoms with Crippen molar-refractivity contribution in [2.45, 2.75) is 0 Å². The summed E-state index contributed by atoms with van der Waals surface area (Å²) in [5, 5.41) is 8.87. The predicted octanol–water partition coefficient (Wildman–Crippen LogP) is 3.20. The van der Waals surface area contributed by atoms with Crippen molar-refractivity contribution >= 4 is 17.1 Å². The number of carboxylic acids is 1. The molecule has 0 bridgehead atoms. The van der Waals surface area contributed by atoms with Crippen LogP contribution in [0.5, 0.6) is 5.75 Å². The van der Waals surface area contributed by atoms with Crippen LogP contribution in [0.2, 0.25) is 0 Å². The van der Waals surface area contributed by atoms with Crippen LogP contribution in [0.1, 0.15) is 10.4 Å². The molecule has 100 valence electrons. The first-order chi connectivity index (χ1) is 9.69. The van der Waals surface area contributed by atoms with Crippen LogP contribution in [0.3, 0.4) is 0 Å². The van der Waals surface area contributed by atoms with E-state index in [2.05, 4.69) is 4.98 Å². The molecule has 5 nitrogen and oxygen atoms in total. The van der Waals surface area contributed by atoms with Crippen molar-refractivity contribution in [2.75, 3.05) is 7.11 Å². The van der Waals surface area contributed by atoms with Gasteiger partial charge in [0.1, 0.15) is 5.75 Å². The highest BCUT2D eigenvalue weighted by molar-refractivity contribution is 5.88. The maximum atomic E-state index is 10.8. The number of ether oxygens (including phenoxy) is 1. The summed E-state index contributed by atoms with van der Waals surface area (Å²) in [5.74, 6) is 0.108. The normalized spacial score (nSPS) is 10.7. The average Bonchev–Trinajstić information content (AvgIpc) is 2.91. The lowest BCUT2D eigenvalue weighted by Crippen LogP contribution is -1.94. The second kappa shape index (κ2) is 4.70. The number of aromatic nitrogens is 1. The number of carboxylic acid groups (broad SMARTS) is 1. The molecule has 1 N–H and O–H groups in total. The van der Waals surface area contributed by atoms with Crippen molar-refractivity contribution in [3.8, 4) is 17.2 Å². The average molecular weight is 269 g/mol. The van der Waals surface area contributed by atoms with Gasteiger partial charge in [-0.15, -0.1) is 0 Å². The number of aromatic carboxylic acids is 1. The molecule has 0 aliphatic carbocycles. The predicted molar refractivity (Wildman–Crippen MR) is 73.0 cm³/mol. The first-order valence-corrected chi connectivity index (χ1v) is 5.96. The van der Waals surface area contributed by atoms with Gasteiger partial charge in [0.15, 0.2) is 11.1 Å². The number of oxazole rings is 1. The summed E-state index contributed by atoms with van der Waals surface area (Å²) >= 11 is 0. The van der Waals surface area contributed by atoms with E-state index in [1.165, 1.54) is 12.1 Å². The van der Waals surface area contributed by atoms with Crippen molar-refractivity contribution in [1.82, 2.24) is 4.98 Å². The number of nitrogens with zero attached hydrogens (tertiary/aromatic N) is 1. The second-order valence-electron chi connectivity index (χ2n) is 4.21. The van der Waals surface area contributed by atoms with E-state index in [1.807, 2.05) is 12.1 Å². The van der Waals surface area contributed by atoms with Crippen LogP contribution in [0.15, 0.2) is 46.9 Å². The van der Waals surface area contributed by atoms with Gasteiger partial charge in [0.05, 0.1) is 12.7 Å². The van der Waals surface area contributed by atoms with Crippen molar-refractivity contribution in [3.63, 3.8) is 0 Å². The lowest BCUT2D eigenvalue weighted by Gasteiger charge is -1.97. The quantitative estimate of drug-likeness (QED) is 0.790. The molecule has 0 radical (unpaired) electrons. The van der Waals surface area contributed by atoms with E-state index in [0.29, 0.717) is 28.3 Å². The third-order valence-corrected chi connectivity index (χ3v) is 2.98. The first kappa shape index (κ1) is 12.2. The maximum absolute atomic E-state index is 10.8. The number of methoxy groups -OCH3 is 1. The molecule has 2 aromatic carbocycles. The summed E-state index contributed by atoms with van der Waals surface area (Å²) in [6.07, 6.45) is 0. The van der Waals surface area contributed by atoms with Crippen LogP contribution >= 0.6 is 0 Å². The highest BCUT2D eigenvalue weighted by Crippen LogP contribution is 2.29. The van der Waals surface area contributed by atoms with E-state index in [9.17, 15) is 4.79 Å². The van der Waals surface area contributed by atoms with Gasteiger partial charge in [0.2, 0.25) is 5.89 Å². The Morgan fingerprint density at radius 3 is 2.60 bits per heavy atom. The fourth-order valence-corrected chi connectivity index (χ4v) is 1.97. The SMILES string of the molecule is COc1cccc2oc(-c3ccc(C(=O)O)cc3)nc12. The lowest BCUT2D eigenvalue weighted by atomic mass is 10.1. The fraction of sp³-hybridized carbons (Fsp3) is 0.0667. The van der Waals surface area contributed by atoms with Gasteiger partial charge in [-0.1, -0.05) is 6.07 Å². The molecule has 0 saturated heterocycles. The van der Waals surface area contributed by atoms with Crippen LogP contribution in [0.4, 0.5) is 0 Å². The number of hydrogen-bond acceptors (Lipinski definition) is 4. The standard InChI is InChI=1S/C15H11NO4/c1-19-11-3-2-4-12-13(11)16-14(20-12)9-5-7-10(8-6-9)15(17)18/h2-8H,1H3,(H,17,18). The van der Waals surface area contributed by atoms with Gasteiger partial charge in [-0.05, 0) is 36.4 Å². The highest BCUT2D eigenvalue weighted by Gasteiger charge is 2.12. The molecule has 0 amide bonds. The highest BCUT2D eigenvalue weighted by atomic mass is 16.5. The lowest BCUT2D eigenvalue weighted by molar-refractivity contribution is 0.0697. The maximum Gasteiger partial charge on any atom is 0.335 e. The number of hydrogen-bond donors (Lipinski definition) is 1. The van der Waals surface area contributed by atoms with Gasteiger partial charge in [-0.25, -0.2) is 9.78 Å². The Bertz CT molecular complexity index is 774. The Hall–Kier alpha value is -2.82. The zero-order chi connectivity index (χ0) is 14.1. The summed E-state index contributed by atoms with van der Waals surface area (Å²) in [5.41, 5.74) is 2.21. The van der Waals surface area contributed by atoms with E-state index in [-0.39, 0.29) is 5.56 Å². The molecule has 20 heavy (non-hydrogen) atoms. The summed E-state index contributed by atoms with van der Waals surface area (Å²) in [4.78, 5) is 15.2. The van der Waals surface area contributed by atoms with Crippen LogP contribution < -0.4 is 4.74 Å². The Morgan fingerprint density at radius 2 is 1.95 bits per heavy atom. The number of carbonyl (C=O) groups is 1. The Morgan fingerprint density at radius 1 is 1.20 bits per heavy atom. The van der Waals surface area contributed by atoms with Gasteiger partial charge in [-0.3, -0.25) is 0 Å². The van der Waals surface area contributed by atoms with Crippen LogP contribution in [-0.4, -0.2) is 23.2 Å². The summed E-state index contributed by atoms with van der Waals surface area (Å²) in [7, 11) is 1.57. The van der Waals surface area contributed by atoms with E-state index in [1.54, 1.807) is 25.3 Å². The van der Waals surface area contributed by atoms with E-state index in [4.69, 9.17) is 14.3 Å². The van der Waals surface area contributed by atoms with Crippen LogP contribution in [0.25, 0.3) is 22.6 Å². The second-order valence-corrected chi connectivity index (χ2v) is 4.21. The largest absolute Gasteiger partial charge is 0.494 e. The molecule has 0 aliphatic heterocycles. The molecule has 0 spiro atoms. The number of fused-ring (bicyclic) bond motifs is 1. The van der Waals surface area contributed by atoms with Crippen molar-refractivity contribution in [3.05, 3.63) is 48.0 Å². The third kappa shape index (κ3) is 1.99. The van der Waals surface area contributed by atoms with Crippen molar-refractivity contribution in [1.29, 1.82) is 0 Å². The molecule has 3 rings (SSSR count). The number of para-hydroxylation sites is 1. The number of rotatable bonds is 3. The first-order valence-electron chi connectivity index (χ1n) is 5.96. The smallest absolute Gasteiger partial charge is 0.335 e. The molecule has 3 aromatic rings. The van der Waals surface area contributed by atoms with E-state index >= 15 is 0 Å². The third-order valence-electron chi connectivity index (χ3n) is 2.98. The molecule has 0 unspecified atom stereocenters. The minimum Gasteiger partial charge on any atom is -0.494 e. The van der Waals surface area contributed by atoms with Gasteiger partial charge >= 0.3 is 5.97 Å². The van der Waals surface area contributed by atoms with Gasteiger partial charge < -0.3 is 14.3 Å². The van der Waals surface area contributed by atoms with Crippen LogP contribution in [-0.2, 0) is 0 Å². The van der Waals surface area contributed by atoms with Gasteiger partial charge in [0, 0.05) is 5.56 Å². The Kier molecular flexibility index (Phi) is 2.87. The van der Waals surface area contributed by atoms with Crippen molar-refractivity contribution < 1.29 is 19.1 Å². The Labute approximate surface area is 114 Å². The minimum atomic E-state index is -0.962. The zero-order valence-corrected chi connectivity index (χ0v) is 10.7. The Balaban J connectivity index is 2.08. The number of benzene rings is 2. The van der Waals surface area contributed by atoms with Gasteiger partial charge in [0.25, 0.3) is 0 Å². The topological polar surface area (TPSA) is 72.6 Å². The molecule has 0 fully saturated rings. The monoisotopic (exact) mass is 269 g/mol. The summed E-state index contributed by atoms with van der Waals surface area (Å²) < 4.78 is 10.9. The van der Waals surface area contributed by atoms with E-state index < -0.39 is 5.97 Å². The zero-order valence-electron chi connectivity index (χ0n) is 10.7. The summed E-state index contributed by atoms with van der Waals surface area (Å²) in [6, 6.07) is 11.8. The van der Waals surface area contributed by atoms with Crippen molar-refractivity contribution in [2.24, 2.45) is 0 Å². The van der Waals surface area contributed by atoms with Crippen LogP contribution in [0, 0.1) is 0 Å². The molecule has 1 heterocycles. The molecule has 0 atom stereocenters.